The molecule has 152 valence electrons. The van der Waals surface area contributed by atoms with Crippen molar-refractivity contribution in [2.24, 2.45) is 4.99 Å². The molecule has 29 heavy (non-hydrogen) atoms. The average Bonchev–Trinajstić information content (AvgIpc) is 3.34. The molecule has 2 fully saturated rings. The van der Waals surface area contributed by atoms with Gasteiger partial charge in [0, 0.05) is 37.5 Å². The van der Waals surface area contributed by atoms with E-state index < -0.39 is 0 Å². The highest BCUT2D eigenvalue weighted by molar-refractivity contribution is 6.31. The van der Waals surface area contributed by atoms with Crippen LogP contribution in [0.2, 0.25) is 5.02 Å². The van der Waals surface area contributed by atoms with Crippen LogP contribution in [0.5, 0.6) is 0 Å². The maximum atomic E-state index is 12.7. The molecular weight excluding hydrogens is 392 g/mol. The van der Waals surface area contributed by atoms with E-state index in [1.807, 2.05) is 18.2 Å². The smallest absolute Gasteiger partial charge is 0.273 e. The number of nitrogens with zero attached hydrogens (tertiary/aromatic N) is 3. The molecule has 8 nitrogen and oxygen atoms in total. The summed E-state index contributed by atoms with van der Waals surface area (Å²) in [5, 5.41) is 6.94. The van der Waals surface area contributed by atoms with Crippen molar-refractivity contribution in [3.8, 4) is 0 Å². The van der Waals surface area contributed by atoms with Gasteiger partial charge in [-0.25, -0.2) is 9.98 Å². The van der Waals surface area contributed by atoms with Gasteiger partial charge >= 0.3 is 0 Å². The molecule has 2 aromatic rings. The van der Waals surface area contributed by atoms with Gasteiger partial charge in [-0.15, -0.1) is 0 Å². The minimum Gasteiger partial charge on any atom is -0.376 e. The molecule has 1 aromatic heterocycles. The second-order valence-electron chi connectivity index (χ2n) is 7.62. The number of fused-ring (bicyclic) bond motifs is 1. The first-order valence-electron chi connectivity index (χ1n) is 9.98. The number of aromatic amines is 1. The first-order valence-corrected chi connectivity index (χ1v) is 10.4. The van der Waals surface area contributed by atoms with Crippen molar-refractivity contribution >= 4 is 34.8 Å². The molecule has 1 amide bonds. The Bertz CT molecular complexity index is 988. The Labute approximate surface area is 173 Å². The van der Waals surface area contributed by atoms with Crippen molar-refractivity contribution in [1.29, 1.82) is 0 Å². The van der Waals surface area contributed by atoms with E-state index in [1.165, 1.54) is 0 Å². The molecule has 0 aliphatic carbocycles. The summed E-state index contributed by atoms with van der Waals surface area (Å²) in [7, 11) is 0. The van der Waals surface area contributed by atoms with E-state index in [9.17, 15) is 4.79 Å². The Kier molecular flexibility index (Phi) is 4.89. The lowest BCUT2D eigenvalue weighted by Gasteiger charge is -2.42. The van der Waals surface area contributed by atoms with Crippen molar-refractivity contribution in [3.05, 3.63) is 40.6 Å². The summed E-state index contributed by atoms with van der Waals surface area (Å²) < 4.78 is 5.58. The first-order chi connectivity index (χ1) is 14.2. The third kappa shape index (κ3) is 3.70. The zero-order valence-electron chi connectivity index (χ0n) is 15.9. The molecule has 3 aliphatic heterocycles. The van der Waals surface area contributed by atoms with E-state index in [0.29, 0.717) is 23.8 Å². The van der Waals surface area contributed by atoms with Crippen LogP contribution in [-0.2, 0) is 9.53 Å². The summed E-state index contributed by atoms with van der Waals surface area (Å²) in [6.07, 6.45) is 3.88. The Hall–Kier alpha value is -2.58. The van der Waals surface area contributed by atoms with Crippen LogP contribution in [0.3, 0.4) is 0 Å². The van der Waals surface area contributed by atoms with Crippen LogP contribution in [0.4, 0.5) is 0 Å². The Morgan fingerprint density at radius 1 is 1.38 bits per heavy atom. The number of rotatable bonds is 5. The van der Waals surface area contributed by atoms with Gasteiger partial charge in [0.25, 0.3) is 5.91 Å². The molecule has 3 N–H and O–H groups in total. The fraction of sp³-hybridized carbons (Fsp3) is 0.450. The number of hydrogen-bond acceptors (Lipinski definition) is 6. The Morgan fingerprint density at radius 3 is 3.10 bits per heavy atom. The van der Waals surface area contributed by atoms with Crippen molar-refractivity contribution in [2.75, 3.05) is 32.8 Å². The SMILES string of the molecule is O=C(NC[C@H]1CCCO1)C1=C(N2CC(c3nc4cc(Cl)ccc4[nH]3)C2)NCC=N1. The number of imidazole rings is 1. The van der Waals surface area contributed by atoms with E-state index in [1.54, 1.807) is 6.21 Å². The van der Waals surface area contributed by atoms with Gasteiger partial charge in [0.2, 0.25) is 0 Å². The van der Waals surface area contributed by atoms with Gasteiger partial charge in [0.15, 0.2) is 5.70 Å². The van der Waals surface area contributed by atoms with Gasteiger partial charge in [0.1, 0.15) is 11.6 Å². The molecule has 0 bridgehead atoms. The molecule has 9 heteroatoms. The lowest BCUT2D eigenvalue weighted by Crippen LogP contribution is -2.50. The van der Waals surface area contributed by atoms with Crippen molar-refractivity contribution in [1.82, 2.24) is 25.5 Å². The number of likely N-dealkylation sites (tertiary alicyclic amines) is 1. The summed E-state index contributed by atoms with van der Waals surface area (Å²) in [6, 6.07) is 5.67. The van der Waals surface area contributed by atoms with Crippen molar-refractivity contribution in [2.45, 2.75) is 24.9 Å². The molecule has 3 aliphatic rings. The number of benzene rings is 1. The van der Waals surface area contributed by atoms with Crippen LogP contribution in [-0.4, -0.2) is 65.9 Å². The van der Waals surface area contributed by atoms with Gasteiger partial charge in [-0.3, -0.25) is 4.79 Å². The fourth-order valence-electron chi connectivity index (χ4n) is 3.97. The van der Waals surface area contributed by atoms with Crippen LogP contribution < -0.4 is 10.6 Å². The Morgan fingerprint density at radius 2 is 2.28 bits per heavy atom. The van der Waals surface area contributed by atoms with Gasteiger partial charge in [0.05, 0.1) is 29.6 Å². The molecule has 0 radical (unpaired) electrons. The second kappa shape index (κ2) is 7.68. The quantitative estimate of drug-likeness (QED) is 0.693. The summed E-state index contributed by atoms with van der Waals surface area (Å²) in [6.45, 7) is 3.46. The minimum atomic E-state index is -0.166. The van der Waals surface area contributed by atoms with Gasteiger partial charge in [-0.2, -0.15) is 0 Å². The molecule has 0 unspecified atom stereocenters. The van der Waals surface area contributed by atoms with E-state index in [-0.39, 0.29) is 17.9 Å². The van der Waals surface area contributed by atoms with Crippen LogP contribution >= 0.6 is 11.6 Å². The lowest BCUT2D eigenvalue weighted by atomic mass is 9.99. The number of aromatic nitrogens is 2. The van der Waals surface area contributed by atoms with Crippen molar-refractivity contribution in [3.63, 3.8) is 0 Å². The predicted molar refractivity (Wildman–Crippen MR) is 111 cm³/mol. The van der Waals surface area contributed by atoms with E-state index in [4.69, 9.17) is 16.3 Å². The predicted octanol–water partition coefficient (Wildman–Crippen LogP) is 1.75. The second-order valence-corrected chi connectivity index (χ2v) is 8.06. The Balaban J connectivity index is 1.26. The first kappa shape index (κ1) is 18.4. The van der Waals surface area contributed by atoms with Crippen LogP contribution in [0.25, 0.3) is 11.0 Å². The number of carbonyl (C=O) groups is 1. The maximum absolute atomic E-state index is 12.7. The molecule has 5 rings (SSSR count). The summed E-state index contributed by atoms with van der Waals surface area (Å²) in [5.74, 6) is 1.84. The number of halogens is 1. The largest absolute Gasteiger partial charge is 0.376 e. The van der Waals surface area contributed by atoms with Crippen LogP contribution in [0, 0.1) is 0 Å². The highest BCUT2D eigenvalue weighted by Gasteiger charge is 2.35. The monoisotopic (exact) mass is 414 g/mol. The highest BCUT2D eigenvalue weighted by atomic mass is 35.5. The minimum absolute atomic E-state index is 0.110. The normalized spacial score (nSPS) is 22.1. The molecular formula is C20H23ClN6O2. The van der Waals surface area contributed by atoms with Gasteiger partial charge in [-0.05, 0) is 31.0 Å². The number of ether oxygens (including phenoxy) is 1. The third-order valence-corrected chi connectivity index (χ3v) is 5.82. The number of nitrogens with one attached hydrogen (secondary N) is 3. The van der Waals surface area contributed by atoms with Crippen molar-refractivity contribution < 1.29 is 9.53 Å². The van der Waals surface area contributed by atoms with E-state index in [2.05, 4.69) is 30.5 Å². The number of H-pyrrole nitrogens is 1. The van der Waals surface area contributed by atoms with Gasteiger partial charge in [-0.1, -0.05) is 11.6 Å². The number of hydrogen-bond donors (Lipinski definition) is 3. The van der Waals surface area contributed by atoms with Crippen LogP contribution in [0.1, 0.15) is 24.6 Å². The molecule has 4 heterocycles. The molecule has 2 saturated heterocycles. The fourth-order valence-corrected chi connectivity index (χ4v) is 4.14. The lowest BCUT2D eigenvalue weighted by molar-refractivity contribution is -0.118. The number of carbonyl (C=O) groups excluding carboxylic acids is 1. The summed E-state index contributed by atoms with van der Waals surface area (Å²) >= 11 is 6.06. The highest BCUT2D eigenvalue weighted by Crippen LogP contribution is 2.31. The maximum Gasteiger partial charge on any atom is 0.273 e. The van der Waals surface area contributed by atoms with E-state index >= 15 is 0 Å². The summed E-state index contributed by atoms with van der Waals surface area (Å²) in [4.78, 5) is 27.2. The zero-order valence-corrected chi connectivity index (χ0v) is 16.7. The average molecular weight is 415 g/mol. The van der Waals surface area contributed by atoms with E-state index in [0.717, 1.165) is 55.2 Å². The number of amides is 1. The zero-order chi connectivity index (χ0) is 19.8. The third-order valence-electron chi connectivity index (χ3n) is 5.58. The van der Waals surface area contributed by atoms with Gasteiger partial charge < -0.3 is 25.3 Å². The number of aliphatic imine (C=N–C) groups is 1. The molecule has 1 atom stereocenters. The topological polar surface area (TPSA) is 94.6 Å². The molecule has 0 spiro atoms. The summed E-state index contributed by atoms with van der Waals surface area (Å²) in [5.41, 5.74) is 2.29. The standard InChI is InChI=1S/C20H23ClN6O2/c21-13-3-4-15-16(8-13)26-18(25-15)12-10-27(11-12)19-17(22-5-6-23-19)20(28)24-9-14-2-1-7-29-14/h3-5,8,12,14,23H,1-2,6-7,9-11H2,(H,24,28)(H,25,26)/t14-/m1/s1. The molecule has 1 aromatic carbocycles. The van der Waals surface area contributed by atoms with Crippen LogP contribution in [0.15, 0.2) is 34.7 Å². The molecule has 0 saturated carbocycles.